The first-order chi connectivity index (χ1) is 16.2. The third-order valence-electron chi connectivity index (χ3n) is 5.93. The molecule has 1 aliphatic heterocycles. The molecule has 0 amide bonds. The van der Waals surface area contributed by atoms with E-state index in [0.29, 0.717) is 25.2 Å². The van der Waals surface area contributed by atoms with E-state index in [0.717, 1.165) is 30.7 Å². The van der Waals surface area contributed by atoms with Crippen molar-refractivity contribution in [3.05, 3.63) is 106 Å². The van der Waals surface area contributed by atoms with E-state index < -0.39 is 64.4 Å². The number of ether oxygens (including phenoxy) is 1. The Morgan fingerprint density at radius 3 is 1.85 bits per heavy atom. The summed E-state index contributed by atoms with van der Waals surface area (Å²) in [5, 5.41) is 0. The fourth-order valence-corrected chi connectivity index (χ4v) is 4.11. The fraction of sp³-hybridized carbons (Fsp3) is 0.231. The van der Waals surface area contributed by atoms with Crippen LogP contribution in [-0.4, -0.2) is 6.61 Å². The quantitative estimate of drug-likeness (QED) is 0.208. The van der Waals surface area contributed by atoms with Gasteiger partial charge < -0.3 is 4.74 Å². The average molecular weight is 480 g/mol. The summed E-state index contributed by atoms with van der Waals surface area (Å²) in [4.78, 5) is 0. The van der Waals surface area contributed by atoms with Gasteiger partial charge >= 0.3 is 0 Å². The van der Waals surface area contributed by atoms with E-state index in [9.17, 15) is 30.7 Å². The Labute approximate surface area is 191 Å². The van der Waals surface area contributed by atoms with Crippen molar-refractivity contribution >= 4 is 0 Å². The lowest BCUT2D eigenvalue weighted by atomic mass is 9.92. The Morgan fingerprint density at radius 2 is 1.35 bits per heavy atom. The van der Waals surface area contributed by atoms with Crippen LogP contribution in [0.25, 0.3) is 11.1 Å². The number of hydrogen-bond acceptors (Lipinski definition) is 1. The molecule has 178 valence electrons. The molecule has 2 unspecified atom stereocenters. The van der Waals surface area contributed by atoms with Gasteiger partial charge in [-0.05, 0) is 65.9 Å². The summed E-state index contributed by atoms with van der Waals surface area (Å²) in [5.41, 5.74) is -1.52. The van der Waals surface area contributed by atoms with Crippen molar-refractivity contribution in [2.75, 3.05) is 6.61 Å². The molecule has 0 aliphatic carbocycles. The Hall–Kier alpha value is -3.13. The van der Waals surface area contributed by atoms with Crippen molar-refractivity contribution in [2.24, 2.45) is 5.92 Å². The highest BCUT2D eigenvalue weighted by molar-refractivity contribution is 5.66. The summed E-state index contributed by atoms with van der Waals surface area (Å²) in [6, 6.07) is 4.86. The molecule has 1 fully saturated rings. The second-order valence-electron chi connectivity index (χ2n) is 8.22. The van der Waals surface area contributed by atoms with Gasteiger partial charge in [-0.15, -0.1) is 6.58 Å². The topological polar surface area (TPSA) is 9.23 Å². The fourth-order valence-electron chi connectivity index (χ4n) is 4.11. The molecule has 0 saturated carbocycles. The number of halogens is 7. The first-order valence-corrected chi connectivity index (χ1v) is 10.5. The van der Waals surface area contributed by atoms with Crippen LogP contribution in [0.2, 0.25) is 0 Å². The van der Waals surface area contributed by atoms with Gasteiger partial charge in [-0.1, -0.05) is 6.08 Å². The standard InChI is InChI=1S/C26H19F7O/c1-2-13-3-4-24(34-12-13)15-8-20(29)25(21(30)9-15)16-10-18(27)17(19(28)11-16)5-14-6-22(31)26(33)23(32)7-14/h2,6-11,13,24H,1,3-5,12H2. The molecule has 8 heteroatoms. The number of hydrogen-bond donors (Lipinski definition) is 0. The third kappa shape index (κ3) is 4.73. The zero-order valence-corrected chi connectivity index (χ0v) is 17.8. The van der Waals surface area contributed by atoms with Gasteiger partial charge in [0.1, 0.15) is 23.3 Å². The van der Waals surface area contributed by atoms with Gasteiger partial charge in [0.15, 0.2) is 17.5 Å². The largest absolute Gasteiger partial charge is 0.373 e. The third-order valence-corrected chi connectivity index (χ3v) is 5.93. The highest BCUT2D eigenvalue weighted by Crippen LogP contribution is 2.36. The average Bonchev–Trinajstić information content (AvgIpc) is 2.79. The molecule has 3 aromatic carbocycles. The van der Waals surface area contributed by atoms with Crippen molar-refractivity contribution in [1.29, 1.82) is 0 Å². The second kappa shape index (κ2) is 9.62. The van der Waals surface area contributed by atoms with Crippen molar-refractivity contribution in [3.63, 3.8) is 0 Å². The molecule has 1 saturated heterocycles. The van der Waals surface area contributed by atoms with E-state index in [1.165, 1.54) is 0 Å². The van der Waals surface area contributed by atoms with E-state index in [1.807, 2.05) is 0 Å². The van der Waals surface area contributed by atoms with Crippen LogP contribution >= 0.6 is 0 Å². The minimum atomic E-state index is -1.70. The van der Waals surface area contributed by atoms with Crippen LogP contribution < -0.4 is 0 Å². The molecular formula is C26H19F7O. The van der Waals surface area contributed by atoms with E-state index in [4.69, 9.17) is 4.74 Å². The zero-order valence-electron chi connectivity index (χ0n) is 17.8. The molecule has 0 bridgehead atoms. The van der Waals surface area contributed by atoms with Crippen molar-refractivity contribution in [3.8, 4) is 11.1 Å². The highest BCUT2D eigenvalue weighted by Gasteiger charge is 2.25. The van der Waals surface area contributed by atoms with Crippen LogP contribution in [0.1, 0.15) is 35.6 Å². The maximum Gasteiger partial charge on any atom is 0.194 e. The van der Waals surface area contributed by atoms with E-state index >= 15 is 0 Å². The lowest BCUT2D eigenvalue weighted by molar-refractivity contribution is -0.00543. The van der Waals surface area contributed by atoms with Crippen LogP contribution in [0.15, 0.2) is 49.1 Å². The predicted molar refractivity (Wildman–Crippen MR) is 112 cm³/mol. The zero-order chi connectivity index (χ0) is 24.6. The van der Waals surface area contributed by atoms with Crippen molar-refractivity contribution < 1.29 is 35.5 Å². The van der Waals surface area contributed by atoms with Gasteiger partial charge in [0.25, 0.3) is 0 Å². The van der Waals surface area contributed by atoms with Gasteiger partial charge in [0.2, 0.25) is 0 Å². The molecule has 1 aliphatic rings. The maximum atomic E-state index is 14.9. The highest BCUT2D eigenvalue weighted by atomic mass is 19.2. The van der Waals surface area contributed by atoms with Crippen LogP contribution in [0.5, 0.6) is 0 Å². The van der Waals surface area contributed by atoms with Crippen LogP contribution in [0, 0.1) is 46.6 Å². The van der Waals surface area contributed by atoms with E-state index in [1.54, 1.807) is 6.08 Å². The maximum absolute atomic E-state index is 14.9. The SMILES string of the molecule is C=CC1CCC(c2cc(F)c(-c3cc(F)c(Cc4cc(F)c(F)c(F)c4)c(F)c3)c(F)c2)OC1. The summed E-state index contributed by atoms with van der Waals surface area (Å²) in [7, 11) is 0. The minimum absolute atomic E-state index is 0.164. The first-order valence-electron chi connectivity index (χ1n) is 10.5. The summed E-state index contributed by atoms with van der Waals surface area (Å²) in [5.74, 6) is -8.91. The van der Waals surface area contributed by atoms with E-state index in [-0.39, 0.29) is 22.6 Å². The smallest absolute Gasteiger partial charge is 0.194 e. The molecule has 4 rings (SSSR count). The lowest BCUT2D eigenvalue weighted by Crippen LogP contribution is -2.19. The minimum Gasteiger partial charge on any atom is -0.373 e. The molecule has 0 spiro atoms. The molecule has 0 aromatic heterocycles. The summed E-state index contributed by atoms with van der Waals surface area (Å²) < 4.78 is 105. The van der Waals surface area contributed by atoms with Crippen LogP contribution in [0.3, 0.4) is 0 Å². The normalized spacial score (nSPS) is 18.2. The molecule has 1 heterocycles. The Bertz CT molecular complexity index is 1180. The summed E-state index contributed by atoms with van der Waals surface area (Å²) >= 11 is 0. The Kier molecular flexibility index (Phi) is 6.79. The van der Waals surface area contributed by atoms with Gasteiger partial charge in [-0.25, -0.2) is 30.7 Å². The number of rotatable bonds is 5. The summed E-state index contributed by atoms with van der Waals surface area (Å²) in [6.07, 6.45) is 1.94. The lowest BCUT2D eigenvalue weighted by Gasteiger charge is -2.28. The predicted octanol–water partition coefficient (Wildman–Crippen LogP) is 7.57. The second-order valence-corrected chi connectivity index (χ2v) is 8.22. The molecule has 0 radical (unpaired) electrons. The molecule has 0 N–H and O–H groups in total. The Balaban J connectivity index is 1.63. The monoisotopic (exact) mass is 480 g/mol. The molecule has 1 nitrogen and oxygen atoms in total. The number of benzene rings is 3. The van der Waals surface area contributed by atoms with Crippen LogP contribution in [0.4, 0.5) is 30.7 Å². The van der Waals surface area contributed by atoms with E-state index in [2.05, 4.69) is 6.58 Å². The van der Waals surface area contributed by atoms with Gasteiger partial charge in [0.05, 0.1) is 18.3 Å². The molecule has 34 heavy (non-hydrogen) atoms. The summed E-state index contributed by atoms with van der Waals surface area (Å²) in [6.45, 7) is 4.07. The van der Waals surface area contributed by atoms with Crippen LogP contribution in [-0.2, 0) is 11.2 Å². The van der Waals surface area contributed by atoms with Crippen molar-refractivity contribution in [2.45, 2.75) is 25.4 Å². The van der Waals surface area contributed by atoms with Gasteiger partial charge in [-0.2, -0.15) is 0 Å². The molecule has 3 aromatic rings. The van der Waals surface area contributed by atoms with Gasteiger partial charge in [-0.3, -0.25) is 0 Å². The first kappa shape index (κ1) is 24.0. The molecule has 2 atom stereocenters. The molecular weight excluding hydrogens is 461 g/mol. The Morgan fingerprint density at radius 1 is 0.765 bits per heavy atom. The van der Waals surface area contributed by atoms with Gasteiger partial charge in [0, 0.05) is 17.9 Å². The van der Waals surface area contributed by atoms with Crippen molar-refractivity contribution in [1.82, 2.24) is 0 Å².